The van der Waals surface area contributed by atoms with E-state index in [4.69, 9.17) is 4.74 Å². The summed E-state index contributed by atoms with van der Waals surface area (Å²) in [6.45, 7) is 1.74. The molecule has 4 aromatic rings. The molecule has 0 spiro atoms. The first-order chi connectivity index (χ1) is 18.7. The number of carbonyl (C=O) groups excluding carboxylic acids is 1. The van der Waals surface area contributed by atoms with Gasteiger partial charge in [-0.25, -0.2) is 4.98 Å². The van der Waals surface area contributed by atoms with Crippen LogP contribution in [0.1, 0.15) is 41.6 Å². The van der Waals surface area contributed by atoms with Crippen molar-refractivity contribution in [2.24, 2.45) is 5.92 Å². The first kappa shape index (κ1) is 22.6. The average Bonchev–Trinajstić information content (AvgIpc) is 3.55. The smallest absolute Gasteiger partial charge is 0.244 e. The fourth-order valence-corrected chi connectivity index (χ4v) is 5.27. The summed E-state index contributed by atoms with van der Waals surface area (Å²) < 4.78 is 8.38. The van der Waals surface area contributed by atoms with E-state index in [1.807, 2.05) is 58.1 Å². The number of nitrogens with one attached hydrogen (secondary N) is 1. The number of anilines is 1. The number of imidazole rings is 1. The molecule has 3 aromatic carbocycles. The predicted molar refractivity (Wildman–Crippen MR) is 144 cm³/mol. The van der Waals surface area contributed by atoms with Gasteiger partial charge in [0.15, 0.2) is 0 Å². The number of hydrogen-bond donors (Lipinski definition) is 1. The van der Waals surface area contributed by atoms with Crippen molar-refractivity contribution in [3.05, 3.63) is 83.4 Å². The van der Waals surface area contributed by atoms with Crippen LogP contribution in [0.4, 0.5) is 5.69 Å². The highest BCUT2D eigenvalue weighted by molar-refractivity contribution is 6.08. The van der Waals surface area contributed by atoms with Gasteiger partial charge in [0.2, 0.25) is 5.91 Å². The standard InChI is InChI=1S/C31H25N5O2/c32-15-23-6-4-21-13-30(23)38-25-8-9-26-22(5-3-20-1-2-20)7-10-29(27(26)14-25)36-12-11-28(31(36)37)34-17-24-16-33-19-35(24)18-21/h4,6-10,13-14,16,19-20,28,34H,1-2,11-12,17-18H2/t28-/m1/s1. The van der Waals surface area contributed by atoms with E-state index < -0.39 is 0 Å². The minimum Gasteiger partial charge on any atom is -0.456 e. The number of rotatable bonds is 0. The van der Waals surface area contributed by atoms with Crippen LogP contribution in [0, 0.1) is 29.1 Å². The summed E-state index contributed by atoms with van der Waals surface area (Å²) in [5, 5.41) is 15.1. The van der Waals surface area contributed by atoms with Gasteiger partial charge < -0.3 is 19.5 Å². The fraction of sp³-hybridized carbons (Fsp3) is 0.258. The number of benzene rings is 3. The molecule has 3 aliphatic rings. The molecule has 2 aliphatic heterocycles. The lowest BCUT2D eigenvalue weighted by atomic mass is 10.0. The van der Waals surface area contributed by atoms with Crippen LogP contribution in [0.5, 0.6) is 11.5 Å². The number of amides is 1. The van der Waals surface area contributed by atoms with Crippen molar-refractivity contribution in [3.63, 3.8) is 0 Å². The molecule has 2 fully saturated rings. The van der Waals surface area contributed by atoms with Crippen molar-refractivity contribution in [1.82, 2.24) is 14.9 Å². The molecule has 1 aliphatic carbocycles. The van der Waals surface area contributed by atoms with E-state index in [2.05, 4.69) is 28.2 Å². The minimum absolute atomic E-state index is 0.0598. The maximum atomic E-state index is 13.6. The molecule has 1 amide bonds. The molecule has 38 heavy (non-hydrogen) atoms. The lowest BCUT2D eigenvalue weighted by molar-refractivity contribution is -0.118. The molecule has 1 N–H and O–H groups in total. The topological polar surface area (TPSA) is 83.2 Å². The molecule has 1 atom stereocenters. The third-order valence-corrected chi connectivity index (χ3v) is 7.52. The Hall–Kier alpha value is -4.59. The monoisotopic (exact) mass is 499 g/mol. The molecule has 6 bridgehead atoms. The highest BCUT2D eigenvalue weighted by Crippen LogP contribution is 2.37. The molecule has 186 valence electrons. The van der Waals surface area contributed by atoms with Crippen LogP contribution in [0.15, 0.2) is 61.1 Å². The maximum absolute atomic E-state index is 13.6. The Balaban J connectivity index is 1.39. The summed E-state index contributed by atoms with van der Waals surface area (Å²) in [6.07, 6.45) is 6.66. The number of ether oxygens (including phenoxy) is 1. The second-order valence-electron chi connectivity index (χ2n) is 10.2. The lowest BCUT2D eigenvalue weighted by Gasteiger charge is -2.21. The lowest BCUT2D eigenvalue weighted by Crippen LogP contribution is -2.38. The van der Waals surface area contributed by atoms with Crippen LogP contribution >= 0.6 is 0 Å². The Labute approximate surface area is 220 Å². The Morgan fingerprint density at radius 3 is 2.79 bits per heavy atom. The van der Waals surface area contributed by atoms with Gasteiger partial charge >= 0.3 is 0 Å². The molecule has 0 unspecified atom stereocenters. The molecule has 7 rings (SSSR count). The molecule has 1 aromatic heterocycles. The summed E-state index contributed by atoms with van der Waals surface area (Å²) in [4.78, 5) is 19.8. The number of fused-ring (bicyclic) bond motifs is 7. The third-order valence-electron chi connectivity index (χ3n) is 7.52. The van der Waals surface area contributed by atoms with Crippen LogP contribution in [-0.4, -0.2) is 28.0 Å². The van der Waals surface area contributed by atoms with Gasteiger partial charge in [0.25, 0.3) is 0 Å². The van der Waals surface area contributed by atoms with E-state index >= 15 is 0 Å². The predicted octanol–water partition coefficient (Wildman–Crippen LogP) is 4.72. The van der Waals surface area contributed by atoms with Gasteiger partial charge in [0.1, 0.15) is 17.6 Å². The van der Waals surface area contributed by atoms with E-state index in [0.717, 1.165) is 39.7 Å². The van der Waals surface area contributed by atoms with Gasteiger partial charge in [0, 0.05) is 42.7 Å². The normalized spacial score (nSPS) is 18.4. The molecule has 0 radical (unpaired) electrons. The van der Waals surface area contributed by atoms with E-state index in [-0.39, 0.29) is 11.9 Å². The van der Waals surface area contributed by atoms with E-state index in [9.17, 15) is 10.1 Å². The summed E-state index contributed by atoms with van der Waals surface area (Å²) in [7, 11) is 0. The molecule has 3 heterocycles. The van der Waals surface area contributed by atoms with Crippen molar-refractivity contribution < 1.29 is 9.53 Å². The Morgan fingerprint density at radius 2 is 1.92 bits per heavy atom. The molecule has 1 saturated carbocycles. The number of nitriles is 1. The number of hydrogen-bond acceptors (Lipinski definition) is 5. The largest absolute Gasteiger partial charge is 0.456 e. The number of aromatic nitrogens is 2. The van der Waals surface area contributed by atoms with E-state index in [1.165, 1.54) is 12.8 Å². The highest BCUT2D eigenvalue weighted by atomic mass is 16.5. The van der Waals surface area contributed by atoms with Gasteiger partial charge in [-0.3, -0.25) is 4.79 Å². The van der Waals surface area contributed by atoms with E-state index in [0.29, 0.717) is 42.6 Å². The minimum atomic E-state index is -0.267. The summed E-state index contributed by atoms with van der Waals surface area (Å²) in [5.74, 6) is 8.39. The van der Waals surface area contributed by atoms with Gasteiger partial charge in [-0.15, -0.1) is 0 Å². The quantitative estimate of drug-likeness (QED) is 0.354. The van der Waals surface area contributed by atoms with Gasteiger partial charge in [-0.1, -0.05) is 17.9 Å². The molecule has 7 heteroatoms. The SMILES string of the molecule is N#Cc1ccc2cc1Oc1ccc3c(C#CC4CC4)ccc(c3c1)N1CC[C@@H](NCc3cncn3C2)C1=O. The number of carbonyl (C=O) groups is 1. The third kappa shape index (κ3) is 4.08. The van der Waals surface area contributed by atoms with Gasteiger partial charge in [-0.2, -0.15) is 5.26 Å². The van der Waals surface area contributed by atoms with Crippen molar-refractivity contribution in [2.45, 2.75) is 38.4 Å². The Kier molecular flexibility index (Phi) is 5.39. The zero-order valence-electron chi connectivity index (χ0n) is 20.8. The van der Waals surface area contributed by atoms with Crippen LogP contribution in [0.25, 0.3) is 10.8 Å². The van der Waals surface area contributed by atoms with Crippen molar-refractivity contribution in [1.29, 1.82) is 5.26 Å². The molecule has 7 nitrogen and oxygen atoms in total. The van der Waals surface area contributed by atoms with Crippen LogP contribution in [0.2, 0.25) is 0 Å². The summed E-state index contributed by atoms with van der Waals surface area (Å²) in [5.41, 5.74) is 4.24. The average molecular weight is 500 g/mol. The molecular weight excluding hydrogens is 474 g/mol. The zero-order chi connectivity index (χ0) is 25.6. The first-order valence-electron chi connectivity index (χ1n) is 13.0. The summed E-state index contributed by atoms with van der Waals surface area (Å²) >= 11 is 0. The van der Waals surface area contributed by atoms with Gasteiger partial charge in [0.05, 0.1) is 29.3 Å². The van der Waals surface area contributed by atoms with Crippen molar-refractivity contribution in [3.8, 4) is 29.4 Å². The second-order valence-corrected chi connectivity index (χ2v) is 10.2. The van der Waals surface area contributed by atoms with Gasteiger partial charge in [-0.05, 0) is 72.7 Å². The van der Waals surface area contributed by atoms with Crippen LogP contribution in [-0.2, 0) is 17.9 Å². The Bertz CT molecular complexity index is 1700. The van der Waals surface area contributed by atoms with Crippen LogP contribution < -0.4 is 15.0 Å². The van der Waals surface area contributed by atoms with Crippen molar-refractivity contribution >= 4 is 22.4 Å². The fourth-order valence-electron chi connectivity index (χ4n) is 5.27. The summed E-state index contributed by atoms with van der Waals surface area (Å²) in [6, 6.07) is 17.5. The second kappa shape index (κ2) is 9.06. The molecule has 1 saturated heterocycles. The Morgan fingerprint density at radius 1 is 1.03 bits per heavy atom. The molecular formula is C31H25N5O2. The van der Waals surface area contributed by atoms with Crippen LogP contribution in [0.3, 0.4) is 0 Å². The maximum Gasteiger partial charge on any atom is 0.244 e. The zero-order valence-corrected chi connectivity index (χ0v) is 20.8. The van der Waals surface area contributed by atoms with E-state index in [1.54, 1.807) is 12.4 Å². The highest BCUT2D eigenvalue weighted by Gasteiger charge is 2.33. The van der Waals surface area contributed by atoms with Crippen molar-refractivity contribution in [2.75, 3.05) is 11.4 Å². The number of nitrogens with zero attached hydrogens (tertiary/aromatic N) is 4. The first-order valence-corrected chi connectivity index (χ1v) is 13.0.